The predicted molar refractivity (Wildman–Crippen MR) is 226 cm³/mol. The predicted octanol–water partition coefficient (Wildman–Crippen LogP) is 13.8. The number of nitrogens with zero attached hydrogens (tertiary/aromatic N) is 2. The fraction of sp³-hybridized carbons (Fsp3) is 0. The first-order valence-electron chi connectivity index (χ1n) is 18.3. The fourth-order valence-corrected chi connectivity index (χ4v) is 7.03. The smallest absolute Gasteiger partial charge is 0.160 e. The number of hydrogen-bond acceptors (Lipinski definition) is 2. The van der Waals surface area contributed by atoms with E-state index in [0.717, 1.165) is 55.9 Å². The minimum Gasteiger partial charge on any atom is -0.228 e. The third kappa shape index (κ3) is 7.01. The van der Waals surface area contributed by atoms with Crippen molar-refractivity contribution in [2.75, 3.05) is 0 Å². The van der Waals surface area contributed by atoms with Crippen LogP contribution in [0.15, 0.2) is 218 Å². The molecule has 2 nitrogen and oxygen atoms in total. The Morgan fingerprint density at radius 2 is 0.481 bits per heavy atom. The Labute approximate surface area is 316 Å². The summed E-state index contributed by atoms with van der Waals surface area (Å²) in [5, 5.41) is 0. The minimum absolute atomic E-state index is 0.682. The van der Waals surface area contributed by atoms with E-state index >= 15 is 0 Å². The first kappa shape index (κ1) is 32.7. The molecule has 0 atom stereocenters. The van der Waals surface area contributed by atoms with Crippen LogP contribution in [0.4, 0.5) is 0 Å². The molecule has 0 fully saturated rings. The maximum Gasteiger partial charge on any atom is 0.160 e. The Hall–Kier alpha value is -7.16. The molecule has 0 saturated heterocycles. The maximum absolute atomic E-state index is 5.30. The van der Waals surface area contributed by atoms with Crippen LogP contribution < -0.4 is 0 Å². The molecule has 0 bridgehead atoms. The molecule has 9 rings (SSSR count). The molecule has 0 N–H and O–H groups in total. The van der Waals surface area contributed by atoms with Crippen LogP contribution in [0, 0.1) is 0 Å². The summed E-state index contributed by atoms with van der Waals surface area (Å²) in [5.74, 6) is 0.682. The molecule has 0 aliphatic rings. The van der Waals surface area contributed by atoms with Gasteiger partial charge in [0.05, 0.1) is 11.4 Å². The van der Waals surface area contributed by atoms with Gasteiger partial charge in [-0.15, -0.1) is 0 Å². The molecule has 1 heterocycles. The van der Waals surface area contributed by atoms with Crippen molar-refractivity contribution < 1.29 is 0 Å². The lowest BCUT2D eigenvalue weighted by Gasteiger charge is -2.14. The molecule has 0 aliphatic carbocycles. The SMILES string of the molecule is c1ccc(-c2ccc(-c3cc(-c4ccc(-c5ccccc5)cc4)cc(-c4nc(-c5ccccc5)cc(-c5cccc(-c6ccccc6)c5)n4)c3)cc2)cc1. The molecule has 1 aromatic heterocycles. The van der Waals surface area contributed by atoms with Gasteiger partial charge in [0.2, 0.25) is 0 Å². The van der Waals surface area contributed by atoms with Crippen molar-refractivity contribution in [1.29, 1.82) is 0 Å². The number of rotatable bonds is 8. The van der Waals surface area contributed by atoms with Crippen molar-refractivity contribution in [3.8, 4) is 89.5 Å². The van der Waals surface area contributed by atoms with Crippen molar-refractivity contribution in [3.63, 3.8) is 0 Å². The Morgan fingerprint density at radius 1 is 0.185 bits per heavy atom. The van der Waals surface area contributed by atoms with E-state index in [1.54, 1.807) is 0 Å². The maximum atomic E-state index is 5.30. The first-order valence-corrected chi connectivity index (χ1v) is 18.3. The molecule has 54 heavy (non-hydrogen) atoms. The van der Waals surface area contributed by atoms with E-state index in [1.165, 1.54) is 27.8 Å². The van der Waals surface area contributed by atoms with E-state index in [1.807, 2.05) is 12.1 Å². The highest BCUT2D eigenvalue weighted by molar-refractivity contribution is 5.83. The Morgan fingerprint density at radius 3 is 0.944 bits per heavy atom. The lowest BCUT2D eigenvalue weighted by atomic mass is 9.93. The second kappa shape index (κ2) is 14.8. The molecule has 0 spiro atoms. The molecule has 9 aromatic rings. The minimum atomic E-state index is 0.682. The largest absolute Gasteiger partial charge is 0.228 e. The second-order valence-corrected chi connectivity index (χ2v) is 13.5. The zero-order valence-electron chi connectivity index (χ0n) is 29.7. The number of aromatic nitrogens is 2. The molecule has 0 aliphatic heterocycles. The third-order valence-corrected chi connectivity index (χ3v) is 9.90. The zero-order chi connectivity index (χ0) is 36.1. The van der Waals surface area contributed by atoms with E-state index in [2.05, 4.69) is 206 Å². The highest BCUT2D eigenvalue weighted by Crippen LogP contribution is 2.36. The summed E-state index contributed by atoms with van der Waals surface area (Å²) in [4.78, 5) is 10.5. The van der Waals surface area contributed by atoms with Crippen molar-refractivity contribution in [1.82, 2.24) is 9.97 Å². The summed E-state index contributed by atoms with van der Waals surface area (Å²) in [5.41, 5.74) is 16.4. The topological polar surface area (TPSA) is 25.8 Å². The van der Waals surface area contributed by atoms with Gasteiger partial charge in [-0.3, -0.25) is 0 Å². The quantitative estimate of drug-likeness (QED) is 0.159. The molecule has 0 radical (unpaired) electrons. The van der Waals surface area contributed by atoms with E-state index in [4.69, 9.17) is 9.97 Å². The number of hydrogen-bond donors (Lipinski definition) is 0. The first-order chi connectivity index (χ1) is 26.7. The highest BCUT2D eigenvalue weighted by atomic mass is 14.9. The van der Waals surface area contributed by atoms with Crippen LogP contribution in [0.5, 0.6) is 0 Å². The molecular formula is C52H36N2. The third-order valence-electron chi connectivity index (χ3n) is 9.90. The van der Waals surface area contributed by atoms with Crippen molar-refractivity contribution in [2.45, 2.75) is 0 Å². The molecule has 8 aromatic carbocycles. The van der Waals surface area contributed by atoms with Crippen LogP contribution in [0.3, 0.4) is 0 Å². The molecule has 0 amide bonds. The van der Waals surface area contributed by atoms with Crippen LogP contribution in [0.25, 0.3) is 89.5 Å². The summed E-state index contributed by atoms with van der Waals surface area (Å²) in [7, 11) is 0. The number of benzene rings is 8. The molecule has 0 saturated carbocycles. The monoisotopic (exact) mass is 688 g/mol. The average molecular weight is 689 g/mol. The van der Waals surface area contributed by atoms with E-state index in [0.29, 0.717) is 5.82 Å². The molecular weight excluding hydrogens is 653 g/mol. The standard InChI is InChI=1S/C52H36N2/c1-5-14-37(15-6-1)40-24-28-42(29-25-40)47-33-48(43-30-26-41(27-31-43)38-16-7-2-8-17-38)35-49(34-47)52-53-50(44-20-11-4-12-21-44)36-51(54-52)46-23-13-22-45(32-46)39-18-9-3-10-19-39/h1-36H. The highest BCUT2D eigenvalue weighted by Gasteiger charge is 2.15. The molecule has 254 valence electrons. The zero-order valence-corrected chi connectivity index (χ0v) is 29.7. The van der Waals surface area contributed by atoms with Gasteiger partial charge >= 0.3 is 0 Å². The lowest BCUT2D eigenvalue weighted by molar-refractivity contribution is 1.18. The van der Waals surface area contributed by atoms with Gasteiger partial charge in [-0.1, -0.05) is 188 Å². The van der Waals surface area contributed by atoms with Crippen LogP contribution in [-0.4, -0.2) is 9.97 Å². The fourth-order valence-electron chi connectivity index (χ4n) is 7.03. The van der Waals surface area contributed by atoms with E-state index in [-0.39, 0.29) is 0 Å². The van der Waals surface area contributed by atoms with Gasteiger partial charge in [0.1, 0.15) is 0 Å². The normalized spacial score (nSPS) is 11.0. The van der Waals surface area contributed by atoms with Crippen LogP contribution in [-0.2, 0) is 0 Å². The van der Waals surface area contributed by atoms with Gasteiger partial charge in [0, 0.05) is 16.7 Å². The van der Waals surface area contributed by atoms with Gasteiger partial charge in [-0.25, -0.2) is 9.97 Å². The Balaban J connectivity index is 1.19. The summed E-state index contributed by atoms with van der Waals surface area (Å²) < 4.78 is 0. The molecule has 0 unspecified atom stereocenters. The summed E-state index contributed by atoms with van der Waals surface area (Å²) in [6.07, 6.45) is 0. The van der Waals surface area contributed by atoms with Gasteiger partial charge < -0.3 is 0 Å². The van der Waals surface area contributed by atoms with Crippen molar-refractivity contribution >= 4 is 0 Å². The van der Waals surface area contributed by atoms with Crippen molar-refractivity contribution in [3.05, 3.63) is 218 Å². The van der Waals surface area contributed by atoms with Gasteiger partial charge in [-0.2, -0.15) is 0 Å². The van der Waals surface area contributed by atoms with Gasteiger partial charge in [0.15, 0.2) is 5.82 Å². The molecule has 2 heteroatoms. The van der Waals surface area contributed by atoms with E-state index < -0.39 is 0 Å². The van der Waals surface area contributed by atoms with Gasteiger partial charge in [-0.05, 0) is 86.0 Å². The van der Waals surface area contributed by atoms with Crippen LogP contribution >= 0.6 is 0 Å². The lowest BCUT2D eigenvalue weighted by Crippen LogP contribution is -1.97. The second-order valence-electron chi connectivity index (χ2n) is 13.5. The Kier molecular flexibility index (Phi) is 8.99. The average Bonchev–Trinajstić information content (AvgIpc) is 3.27. The summed E-state index contributed by atoms with van der Waals surface area (Å²) in [6, 6.07) is 77.0. The summed E-state index contributed by atoms with van der Waals surface area (Å²) in [6.45, 7) is 0. The van der Waals surface area contributed by atoms with Crippen LogP contribution in [0.1, 0.15) is 0 Å². The van der Waals surface area contributed by atoms with E-state index in [9.17, 15) is 0 Å². The summed E-state index contributed by atoms with van der Waals surface area (Å²) >= 11 is 0. The Bertz CT molecular complexity index is 2550. The van der Waals surface area contributed by atoms with Crippen molar-refractivity contribution in [2.24, 2.45) is 0 Å². The van der Waals surface area contributed by atoms with Gasteiger partial charge in [0.25, 0.3) is 0 Å². The van der Waals surface area contributed by atoms with Crippen LogP contribution in [0.2, 0.25) is 0 Å².